The Morgan fingerprint density at radius 1 is 1.56 bits per heavy atom. The number of rotatable bonds is 0. The molecule has 0 saturated carbocycles. The van der Waals surface area contributed by atoms with Crippen molar-refractivity contribution in [1.29, 1.82) is 0 Å². The fraction of sp³-hybridized carbons (Fsp3) is 0.800. The lowest BCUT2D eigenvalue weighted by atomic mass is 10.4. The molecule has 2 saturated heterocycles. The number of nitrogens with zero attached hydrogens (tertiary/aromatic N) is 1. The Balaban J connectivity index is 1.97. The summed E-state index contributed by atoms with van der Waals surface area (Å²) in [6.07, 6.45) is -0.788. The van der Waals surface area contributed by atoms with E-state index in [0.717, 1.165) is 0 Å². The van der Waals surface area contributed by atoms with E-state index in [4.69, 9.17) is 5.11 Å². The first-order chi connectivity index (χ1) is 4.27. The van der Waals surface area contributed by atoms with Crippen LogP contribution in [0.5, 0.6) is 0 Å². The normalized spacial score (nSPS) is 38.4. The summed E-state index contributed by atoms with van der Waals surface area (Å²) < 4.78 is 0. The van der Waals surface area contributed by atoms with Crippen molar-refractivity contribution >= 4 is 6.09 Å². The van der Waals surface area contributed by atoms with Crippen LogP contribution in [0, 0.1) is 0 Å². The molecule has 0 radical (unpaired) electrons. The minimum atomic E-state index is -0.788. The monoisotopic (exact) mass is 128 g/mol. The van der Waals surface area contributed by atoms with Crippen LogP contribution in [0.15, 0.2) is 0 Å². The average molecular weight is 128 g/mol. The first kappa shape index (κ1) is 5.05. The van der Waals surface area contributed by atoms with Crippen LogP contribution < -0.4 is 5.32 Å². The molecule has 2 rings (SSSR count). The largest absolute Gasteiger partial charge is 0.465 e. The molecule has 50 valence electrons. The summed E-state index contributed by atoms with van der Waals surface area (Å²) in [6, 6.07) is 0.946. The fourth-order valence-electron chi connectivity index (χ4n) is 1.28. The van der Waals surface area contributed by atoms with Crippen LogP contribution in [0.25, 0.3) is 0 Å². The molecule has 0 aromatic heterocycles. The summed E-state index contributed by atoms with van der Waals surface area (Å²) in [6.45, 7) is 1.36. The van der Waals surface area contributed by atoms with Gasteiger partial charge in [-0.25, -0.2) is 4.79 Å². The third-order valence-corrected chi connectivity index (χ3v) is 1.91. The maximum Gasteiger partial charge on any atom is 0.407 e. The van der Waals surface area contributed by atoms with E-state index in [2.05, 4.69) is 5.32 Å². The predicted octanol–water partition coefficient (Wildman–Crippen LogP) is -0.680. The number of hydrogen-bond donors (Lipinski definition) is 2. The molecule has 0 aromatic carbocycles. The zero-order valence-corrected chi connectivity index (χ0v) is 4.87. The number of amides is 1. The van der Waals surface area contributed by atoms with E-state index < -0.39 is 6.09 Å². The number of hydrogen-bond acceptors (Lipinski definition) is 2. The Morgan fingerprint density at radius 3 is 2.44 bits per heavy atom. The van der Waals surface area contributed by atoms with E-state index in [1.54, 1.807) is 0 Å². The van der Waals surface area contributed by atoms with Crippen molar-refractivity contribution in [2.75, 3.05) is 13.1 Å². The number of piperazine rings is 1. The molecule has 1 amide bonds. The maximum atomic E-state index is 10.3. The molecular weight excluding hydrogens is 120 g/mol. The standard InChI is InChI=1S/C5H8N2O2/c8-5(9)7-1-3-4(2-7)6-3/h3-4,6H,1-2H2,(H,8,9). The quantitative estimate of drug-likeness (QED) is 0.425. The second-order valence-corrected chi connectivity index (χ2v) is 2.57. The van der Waals surface area contributed by atoms with Crippen LogP contribution in [-0.2, 0) is 0 Å². The third-order valence-electron chi connectivity index (χ3n) is 1.91. The molecule has 4 heteroatoms. The number of carbonyl (C=O) groups is 1. The summed E-state index contributed by atoms with van der Waals surface area (Å²) in [5.41, 5.74) is 0. The number of likely N-dealkylation sites (tertiary alicyclic amines) is 1. The minimum Gasteiger partial charge on any atom is -0.465 e. The smallest absolute Gasteiger partial charge is 0.407 e. The molecule has 2 N–H and O–H groups in total. The van der Waals surface area contributed by atoms with E-state index in [9.17, 15) is 4.79 Å². The summed E-state index contributed by atoms with van der Waals surface area (Å²) in [7, 11) is 0. The van der Waals surface area contributed by atoms with Gasteiger partial charge >= 0.3 is 6.09 Å². The molecule has 9 heavy (non-hydrogen) atoms. The van der Waals surface area contributed by atoms with Gasteiger partial charge in [0.15, 0.2) is 0 Å². The Bertz CT molecular complexity index is 149. The summed E-state index contributed by atoms with van der Waals surface area (Å²) in [5, 5.41) is 11.6. The predicted molar refractivity (Wildman–Crippen MR) is 30.3 cm³/mol. The second-order valence-electron chi connectivity index (χ2n) is 2.57. The van der Waals surface area contributed by atoms with E-state index in [0.29, 0.717) is 25.2 Å². The lowest BCUT2D eigenvalue weighted by Gasteiger charge is -2.11. The van der Waals surface area contributed by atoms with Gasteiger partial charge in [-0.15, -0.1) is 0 Å². The van der Waals surface area contributed by atoms with Gasteiger partial charge < -0.3 is 15.3 Å². The highest BCUT2D eigenvalue weighted by atomic mass is 16.4. The molecular formula is C5H8N2O2. The van der Waals surface area contributed by atoms with E-state index in [1.165, 1.54) is 4.90 Å². The molecule has 4 nitrogen and oxygen atoms in total. The molecule has 2 heterocycles. The molecule has 0 aliphatic carbocycles. The first-order valence-electron chi connectivity index (χ1n) is 3.01. The van der Waals surface area contributed by atoms with E-state index in [-0.39, 0.29) is 0 Å². The molecule has 2 aliphatic rings. The molecule has 0 aromatic rings. The van der Waals surface area contributed by atoms with Crippen molar-refractivity contribution in [3.8, 4) is 0 Å². The van der Waals surface area contributed by atoms with Crippen LogP contribution >= 0.6 is 0 Å². The van der Waals surface area contributed by atoms with Crippen LogP contribution in [0.4, 0.5) is 4.79 Å². The van der Waals surface area contributed by atoms with Gasteiger partial charge in [0.2, 0.25) is 0 Å². The van der Waals surface area contributed by atoms with Gasteiger partial charge in [-0.2, -0.15) is 0 Å². The molecule has 2 atom stereocenters. The Labute approximate surface area is 52.5 Å². The van der Waals surface area contributed by atoms with Crippen LogP contribution in [-0.4, -0.2) is 41.3 Å². The molecule has 2 unspecified atom stereocenters. The highest BCUT2D eigenvalue weighted by molar-refractivity contribution is 5.66. The van der Waals surface area contributed by atoms with Gasteiger partial charge in [-0.3, -0.25) is 0 Å². The van der Waals surface area contributed by atoms with E-state index in [1.807, 2.05) is 0 Å². The van der Waals surface area contributed by atoms with Crippen LogP contribution in [0.1, 0.15) is 0 Å². The fourth-order valence-corrected chi connectivity index (χ4v) is 1.28. The molecule has 0 bridgehead atoms. The van der Waals surface area contributed by atoms with Gasteiger partial charge in [0.1, 0.15) is 0 Å². The topological polar surface area (TPSA) is 62.5 Å². The summed E-state index contributed by atoms with van der Waals surface area (Å²) >= 11 is 0. The van der Waals surface area contributed by atoms with Crippen molar-refractivity contribution in [2.45, 2.75) is 12.1 Å². The zero-order valence-electron chi connectivity index (χ0n) is 4.87. The number of fused-ring (bicyclic) bond motifs is 1. The Kier molecular flexibility index (Phi) is 0.778. The van der Waals surface area contributed by atoms with Gasteiger partial charge in [0.05, 0.1) is 0 Å². The van der Waals surface area contributed by atoms with Gasteiger partial charge in [0, 0.05) is 25.2 Å². The second kappa shape index (κ2) is 1.39. The Hall–Kier alpha value is -0.770. The summed E-state index contributed by atoms with van der Waals surface area (Å²) in [4.78, 5) is 11.7. The highest BCUT2D eigenvalue weighted by Crippen LogP contribution is 2.21. The van der Waals surface area contributed by atoms with Gasteiger partial charge in [-0.1, -0.05) is 0 Å². The van der Waals surface area contributed by atoms with Crippen molar-refractivity contribution < 1.29 is 9.90 Å². The molecule has 0 spiro atoms. The maximum absolute atomic E-state index is 10.3. The first-order valence-corrected chi connectivity index (χ1v) is 3.01. The average Bonchev–Trinajstić information content (AvgIpc) is 2.40. The van der Waals surface area contributed by atoms with Crippen molar-refractivity contribution in [3.05, 3.63) is 0 Å². The molecule has 2 aliphatic heterocycles. The van der Waals surface area contributed by atoms with Gasteiger partial charge in [0.25, 0.3) is 0 Å². The Morgan fingerprint density at radius 2 is 2.11 bits per heavy atom. The minimum absolute atomic E-state index is 0.473. The third kappa shape index (κ3) is 0.666. The van der Waals surface area contributed by atoms with Crippen LogP contribution in [0.2, 0.25) is 0 Å². The number of carboxylic acid groups (broad SMARTS) is 1. The lowest BCUT2D eigenvalue weighted by Crippen LogP contribution is -2.32. The SMILES string of the molecule is O=C(O)N1CC2NC2C1. The zero-order chi connectivity index (χ0) is 6.43. The van der Waals surface area contributed by atoms with Crippen LogP contribution in [0.3, 0.4) is 0 Å². The summed E-state index contributed by atoms with van der Waals surface area (Å²) in [5.74, 6) is 0. The van der Waals surface area contributed by atoms with E-state index >= 15 is 0 Å². The van der Waals surface area contributed by atoms with Crippen molar-refractivity contribution in [2.24, 2.45) is 0 Å². The number of nitrogens with one attached hydrogen (secondary N) is 1. The van der Waals surface area contributed by atoms with Crippen molar-refractivity contribution in [1.82, 2.24) is 10.2 Å². The highest BCUT2D eigenvalue weighted by Gasteiger charge is 2.46. The van der Waals surface area contributed by atoms with Crippen molar-refractivity contribution in [3.63, 3.8) is 0 Å². The lowest BCUT2D eigenvalue weighted by molar-refractivity contribution is 0.152. The molecule has 2 fully saturated rings. The van der Waals surface area contributed by atoms with Gasteiger partial charge in [-0.05, 0) is 0 Å².